The van der Waals surface area contributed by atoms with Crippen LogP contribution >= 0.6 is 11.3 Å². The maximum atomic E-state index is 12.6. The van der Waals surface area contributed by atoms with Gasteiger partial charge in [0.1, 0.15) is 0 Å². The molecule has 0 N–H and O–H groups in total. The van der Waals surface area contributed by atoms with Crippen LogP contribution < -0.4 is 4.80 Å². The first-order valence-corrected chi connectivity index (χ1v) is 9.32. The summed E-state index contributed by atoms with van der Waals surface area (Å²) in [5, 5.41) is 22.0. The van der Waals surface area contributed by atoms with Gasteiger partial charge < -0.3 is 9.30 Å². The zero-order valence-corrected chi connectivity index (χ0v) is 16.5. The Hall–Kier alpha value is -3.93. The molecule has 12 heteroatoms. The van der Waals surface area contributed by atoms with Crippen molar-refractivity contribution in [2.45, 2.75) is 6.92 Å². The van der Waals surface area contributed by atoms with Crippen molar-refractivity contribution in [2.75, 3.05) is 6.61 Å². The summed E-state index contributed by atoms with van der Waals surface area (Å²) in [5.41, 5.74) is -0.395. The monoisotopic (exact) mass is 430 g/mol. The molecule has 2 aromatic carbocycles. The molecule has 0 saturated heterocycles. The largest absolute Gasteiger partial charge is 0.462 e. The van der Waals surface area contributed by atoms with Crippen LogP contribution in [0.2, 0.25) is 0 Å². The zero-order valence-electron chi connectivity index (χ0n) is 15.7. The number of amides is 1. The number of thiazole rings is 1. The average Bonchev–Trinajstić information content (AvgIpc) is 3.02. The van der Waals surface area contributed by atoms with Crippen molar-refractivity contribution in [1.82, 2.24) is 4.57 Å². The smallest absolute Gasteiger partial charge is 0.338 e. The number of non-ortho nitro benzene ring substituents is 2. The number of fused-ring (bicyclic) bond motifs is 1. The lowest BCUT2D eigenvalue weighted by molar-refractivity contribution is -0.394. The minimum atomic E-state index is -0.866. The van der Waals surface area contributed by atoms with Gasteiger partial charge in [-0.3, -0.25) is 25.0 Å². The fraction of sp³-hybridized carbons (Fsp3) is 0.167. The second-order valence-electron chi connectivity index (χ2n) is 6.02. The van der Waals surface area contributed by atoms with Gasteiger partial charge in [-0.2, -0.15) is 4.99 Å². The number of aryl methyl sites for hydroxylation is 1. The van der Waals surface area contributed by atoms with Crippen molar-refractivity contribution in [3.63, 3.8) is 0 Å². The van der Waals surface area contributed by atoms with Crippen molar-refractivity contribution >= 4 is 44.8 Å². The van der Waals surface area contributed by atoms with Gasteiger partial charge in [0.05, 0.1) is 43.9 Å². The third kappa shape index (κ3) is 4.07. The van der Waals surface area contributed by atoms with Crippen molar-refractivity contribution in [3.8, 4) is 0 Å². The summed E-state index contributed by atoms with van der Waals surface area (Å²) >= 11 is 1.12. The number of nitro benzene ring substituents is 2. The number of carbonyl (C=O) groups is 2. The first-order valence-electron chi connectivity index (χ1n) is 8.51. The molecule has 0 aliphatic heterocycles. The molecule has 0 fully saturated rings. The Bertz CT molecular complexity index is 1240. The molecular weight excluding hydrogens is 416 g/mol. The lowest BCUT2D eigenvalue weighted by atomic mass is 10.1. The molecule has 3 aromatic rings. The summed E-state index contributed by atoms with van der Waals surface area (Å²) in [6.07, 6.45) is 0. The Kier molecular flexibility index (Phi) is 5.69. The van der Waals surface area contributed by atoms with Crippen LogP contribution in [0.15, 0.2) is 41.4 Å². The number of benzene rings is 2. The van der Waals surface area contributed by atoms with Crippen molar-refractivity contribution in [3.05, 3.63) is 72.6 Å². The molecule has 0 aliphatic rings. The van der Waals surface area contributed by atoms with Crippen LogP contribution in [0.5, 0.6) is 0 Å². The molecule has 11 nitrogen and oxygen atoms in total. The van der Waals surface area contributed by atoms with E-state index in [4.69, 9.17) is 4.74 Å². The number of nitrogens with zero attached hydrogens (tertiary/aromatic N) is 4. The highest BCUT2D eigenvalue weighted by Gasteiger charge is 2.20. The third-order valence-corrected chi connectivity index (χ3v) is 5.18. The molecule has 1 amide bonds. The Morgan fingerprint density at radius 2 is 1.70 bits per heavy atom. The maximum Gasteiger partial charge on any atom is 0.338 e. The number of hydrogen-bond donors (Lipinski definition) is 0. The summed E-state index contributed by atoms with van der Waals surface area (Å²) in [6.45, 7) is 1.93. The van der Waals surface area contributed by atoms with Gasteiger partial charge in [0.15, 0.2) is 4.80 Å². The number of ether oxygens (including phenoxy) is 1. The van der Waals surface area contributed by atoms with Crippen LogP contribution in [0.25, 0.3) is 10.2 Å². The Labute approximate surface area is 172 Å². The van der Waals surface area contributed by atoms with E-state index in [9.17, 15) is 29.8 Å². The Morgan fingerprint density at radius 1 is 1.07 bits per heavy atom. The standard InChI is InChI=1S/C18H14N4O7S/c1-3-29-17(24)10-4-5-14-15(8-10)30-18(20(14)2)19-16(23)11-6-12(21(25)26)9-13(7-11)22(27)28/h4-9H,3H2,1-2H3. The maximum absolute atomic E-state index is 12.6. The second kappa shape index (κ2) is 8.21. The summed E-state index contributed by atoms with van der Waals surface area (Å²) in [6, 6.07) is 7.52. The van der Waals surface area contributed by atoms with Gasteiger partial charge in [0.25, 0.3) is 17.3 Å². The summed E-state index contributed by atoms with van der Waals surface area (Å²) in [5.74, 6) is -1.34. The Balaban J connectivity index is 2.07. The van der Waals surface area contributed by atoms with Crippen LogP contribution in [0.3, 0.4) is 0 Å². The molecule has 0 radical (unpaired) electrons. The summed E-state index contributed by atoms with van der Waals surface area (Å²) in [4.78, 5) is 49.1. The quantitative estimate of drug-likeness (QED) is 0.343. The highest BCUT2D eigenvalue weighted by atomic mass is 32.1. The number of rotatable bonds is 5. The molecule has 0 aliphatic carbocycles. The number of carbonyl (C=O) groups excluding carboxylic acids is 2. The molecule has 1 heterocycles. The number of nitro groups is 2. The topological polar surface area (TPSA) is 147 Å². The van der Waals surface area contributed by atoms with Crippen LogP contribution in [-0.2, 0) is 11.8 Å². The lowest BCUT2D eigenvalue weighted by Crippen LogP contribution is -2.13. The molecule has 3 rings (SSSR count). The minimum absolute atomic E-state index is 0.236. The van der Waals surface area contributed by atoms with Gasteiger partial charge in [-0.05, 0) is 25.1 Å². The molecule has 0 bridgehead atoms. The van der Waals surface area contributed by atoms with Gasteiger partial charge in [-0.1, -0.05) is 11.3 Å². The van der Waals surface area contributed by atoms with E-state index in [1.54, 1.807) is 36.7 Å². The molecule has 0 atom stereocenters. The fourth-order valence-corrected chi connectivity index (χ4v) is 3.72. The summed E-state index contributed by atoms with van der Waals surface area (Å²) < 4.78 is 7.24. The van der Waals surface area contributed by atoms with Crippen LogP contribution in [-0.4, -0.2) is 32.9 Å². The van der Waals surface area contributed by atoms with Gasteiger partial charge in [-0.15, -0.1) is 0 Å². The van der Waals surface area contributed by atoms with E-state index >= 15 is 0 Å². The van der Waals surface area contributed by atoms with Crippen LogP contribution in [0.1, 0.15) is 27.6 Å². The minimum Gasteiger partial charge on any atom is -0.462 e. The predicted octanol–water partition coefficient (Wildman–Crippen LogP) is 2.97. The van der Waals surface area contributed by atoms with E-state index < -0.39 is 33.1 Å². The average molecular weight is 430 g/mol. The van der Waals surface area contributed by atoms with Gasteiger partial charge >= 0.3 is 5.97 Å². The normalized spacial score (nSPS) is 11.5. The van der Waals surface area contributed by atoms with E-state index in [1.807, 2.05) is 0 Å². The first-order chi connectivity index (χ1) is 14.2. The molecule has 0 unspecified atom stereocenters. The molecule has 1 aromatic heterocycles. The second-order valence-corrected chi connectivity index (χ2v) is 7.02. The molecule has 0 saturated carbocycles. The van der Waals surface area contributed by atoms with Gasteiger partial charge in [-0.25, -0.2) is 4.79 Å². The van der Waals surface area contributed by atoms with E-state index in [0.29, 0.717) is 15.8 Å². The van der Waals surface area contributed by atoms with Gasteiger partial charge in [0.2, 0.25) is 0 Å². The van der Waals surface area contributed by atoms with Crippen LogP contribution in [0, 0.1) is 20.2 Å². The molecule has 30 heavy (non-hydrogen) atoms. The number of hydrogen-bond acceptors (Lipinski definition) is 8. The van der Waals surface area contributed by atoms with E-state index in [0.717, 1.165) is 29.5 Å². The van der Waals surface area contributed by atoms with Gasteiger partial charge in [0, 0.05) is 19.2 Å². The molecule has 154 valence electrons. The fourth-order valence-electron chi connectivity index (χ4n) is 2.66. The first kappa shape index (κ1) is 20.8. The molecular formula is C18H14N4O7S. The van der Waals surface area contributed by atoms with Crippen molar-refractivity contribution < 1.29 is 24.2 Å². The van der Waals surface area contributed by atoms with E-state index in [-0.39, 0.29) is 17.0 Å². The zero-order chi connectivity index (χ0) is 22.0. The van der Waals surface area contributed by atoms with E-state index in [1.165, 1.54) is 0 Å². The van der Waals surface area contributed by atoms with Crippen LogP contribution in [0.4, 0.5) is 11.4 Å². The van der Waals surface area contributed by atoms with Crippen molar-refractivity contribution in [2.24, 2.45) is 12.0 Å². The third-order valence-electron chi connectivity index (χ3n) is 4.09. The lowest BCUT2D eigenvalue weighted by Gasteiger charge is -2.01. The summed E-state index contributed by atoms with van der Waals surface area (Å²) in [7, 11) is 1.66. The van der Waals surface area contributed by atoms with E-state index in [2.05, 4.69) is 4.99 Å². The number of aromatic nitrogens is 1. The highest BCUT2D eigenvalue weighted by Crippen LogP contribution is 2.23. The SMILES string of the molecule is CCOC(=O)c1ccc2c(c1)sc(=NC(=O)c1cc([N+](=O)[O-])cc([N+](=O)[O-])c1)n2C. The predicted molar refractivity (Wildman–Crippen MR) is 106 cm³/mol. The van der Waals surface area contributed by atoms with Crippen molar-refractivity contribution in [1.29, 1.82) is 0 Å². The number of esters is 1. The highest BCUT2D eigenvalue weighted by molar-refractivity contribution is 7.16. The Morgan fingerprint density at radius 3 is 2.27 bits per heavy atom. The molecule has 0 spiro atoms.